The first kappa shape index (κ1) is 13.3. The van der Waals surface area contributed by atoms with E-state index >= 15 is 0 Å². The van der Waals surface area contributed by atoms with E-state index in [1.54, 1.807) is 11.3 Å². The molecular formula is C14H14BrNOS. The first-order valence-electron chi connectivity index (χ1n) is 5.73. The van der Waals surface area contributed by atoms with Crippen molar-refractivity contribution in [3.8, 4) is 0 Å². The lowest BCUT2D eigenvalue weighted by atomic mass is 10.1. The molecule has 1 atom stereocenters. The first-order valence-corrected chi connectivity index (χ1v) is 7.47. The third-order valence-corrected chi connectivity index (χ3v) is 4.04. The molecule has 0 aliphatic carbocycles. The van der Waals surface area contributed by atoms with Crippen LogP contribution in [0.4, 0.5) is 0 Å². The Morgan fingerprint density at radius 1 is 1.39 bits per heavy atom. The van der Waals surface area contributed by atoms with Crippen molar-refractivity contribution >= 4 is 33.2 Å². The second-order valence-electron chi connectivity index (χ2n) is 4.19. The van der Waals surface area contributed by atoms with E-state index in [9.17, 15) is 4.79 Å². The number of hydrogen-bond donors (Lipinski definition) is 1. The number of thiophene rings is 1. The Kier molecular flexibility index (Phi) is 4.55. The van der Waals surface area contributed by atoms with Crippen molar-refractivity contribution in [3.63, 3.8) is 0 Å². The van der Waals surface area contributed by atoms with Gasteiger partial charge >= 0.3 is 0 Å². The van der Waals surface area contributed by atoms with Crippen molar-refractivity contribution in [1.29, 1.82) is 0 Å². The molecule has 18 heavy (non-hydrogen) atoms. The average Bonchev–Trinajstić information content (AvgIpc) is 2.82. The van der Waals surface area contributed by atoms with Crippen LogP contribution in [0.1, 0.15) is 22.8 Å². The van der Waals surface area contributed by atoms with Crippen molar-refractivity contribution < 1.29 is 4.79 Å². The van der Waals surface area contributed by atoms with Crippen LogP contribution in [0.15, 0.2) is 45.6 Å². The second-order valence-corrected chi connectivity index (χ2v) is 5.82. The summed E-state index contributed by atoms with van der Waals surface area (Å²) in [5, 5.41) is 7.18. The van der Waals surface area contributed by atoms with Gasteiger partial charge in [-0.3, -0.25) is 4.79 Å². The summed E-state index contributed by atoms with van der Waals surface area (Å²) in [7, 11) is 0. The normalized spacial score (nSPS) is 12.1. The highest BCUT2D eigenvalue weighted by Gasteiger charge is 2.12. The highest BCUT2D eigenvalue weighted by Crippen LogP contribution is 2.16. The topological polar surface area (TPSA) is 29.1 Å². The highest BCUT2D eigenvalue weighted by molar-refractivity contribution is 9.10. The summed E-state index contributed by atoms with van der Waals surface area (Å²) in [6.45, 7) is 2.02. The van der Waals surface area contributed by atoms with Crippen LogP contribution in [0, 0.1) is 0 Å². The number of rotatable bonds is 4. The molecule has 0 aliphatic heterocycles. The minimum atomic E-state index is -0.0368. The lowest BCUT2D eigenvalue weighted by molar-refractivity contribution is 0.0939. The fraction of sp³-hybridized carbons (Fsp3) is 0.214. The van der Waals surface area contributed by atoms with Gasteiger partial charge in [0.1, 0.15) is 0 Å². The Hall–Kier alpha value is -1.13. The summed E-state index contributed by atoms with van der Waals surface area (Å²) in [5.41, 5.74) is 1.94. The summed E-state index contributed by atoms with van der Waals surface area (Å²) in [5.74, 6) is -0.0368. The molecule has 0 saturated carbocycles. The van der Waals surface area contributed by atoms with Gasteiger partial charge in [-0.2, -0.15) is 11.3 Å². The van der Waals surface area contributed by atoms with Gasteiger partial charge < -0.3 is 5.32 Å². The molecule has 1 aromatic heterocycles. The summed E-state index contributed by atoms with van der Waals surface area (Å²) >= 11 is 5.07. The fourth-order valence-corrected chi connectivity index (χ4v) is 2.91. The van der Waals surface area contributed by atoms with E-state index in [0.29, 0.717) is 5.56 Å². The number of carbonyl (C=O) groups excluding carboxylic acids is 1. The number of hydrogen-bond acceptors (Lipinski definition) is 2. The molecule has 2 aromatic rings. The average molecular weight is 324 g/mol. The lowest BCUT2D eigenvalue weighted by Crippen LogP contribution is -2.34. The maximum absolute atomic E-state index is 12.1. The molecule has 0 spiro atoms. The van der Waals surface area contributed by atoms with E-state index in [2.05, 4.69) is 38.1 Å². The lowest BCUT2D eigenvalue weighted by Gasteiger charge is -2.13. The number of amides is 1. The second kappa shape index (κ2) is 6.16. The molecule has 0 saturated heterocycles. The molecule has 1 unspecified atom stereocenters. The standard InChI is InChI=1S/C14H14BrNOS/c1-10(8-11-6-7-18-9-11)16-14(17)12-4-2-3-5-13(12)15/h2-7,9-10H,8H2,1H3,(H,16,17). The van der Waals surface area contributed by atoms with Gasteiger partial charge in [-0.25, -0.2) is 0 Å². The quantitative estimate of drug-likeness (QED) is 0.909. The predicted octanol–water partition coefficient (Wildman–Crippen LogP) is 3.87. The first-order chi connectivity index (χ1) is 8.66. The molecular weight excluding hydrogens is 310 g/mol. The van der Waals surface area contributed by atoms with Gasteiger partial charge in [0, 0.05) is 10.5 Å². The van der Waals surface area contributed by atoms with Gasteiger partial charge in [0.15, 0.2) is 0 Å². The molecule has 94 valence electrons. The van der Waals surface area contributed by atoms with Gasteiger partial charge in [-0.1, -0.05) is 12.1 Å². The van der Waals surface area contributed by atoms with Crippen LogP contribution in [0.2, 0.25) is 0 Å². The van der Waals surface area contributed by atoms with Gasteiger partial charge in [0.05, 0.1) is 5.56 Å². The van der Waals surface area contributed by atoms with Crippen molar-refractivity contribution in [2.75, 3.05) is 0 Å². The third-order valence-electron chi connectivity index (χ3n) is 2.62. The van der Waals surface area contributed by atoms with Crippen LogP contribution < -0.4 is 5.32 Å². The molecule has 0 aliphatic rings. The Bertz CT molecular complexity index is 524. The maximum Gasteiger partial charge on any atom is 0.252 e. The Labute approximate surface area is 119 Å². The summed E-state index contributed by atoms with van der Waals surface area (Å²) < 4.78 is 0.824. The minimum Gasteiger partial charge on any atom is -0.349 e. The van der Waals surface area contributed by atoms with Crippen molar-refractivity contribution in [2.45, 2.75) is 19.4 Å². The zero-order valence-electron chi connectivity index (χ0n) is 10.0. The zero-order valence-corrected chi connectivity index (χ0v) is 12.4. The molecule has 4 heteroatoms. The molecule has 0 bridgehead atoms. The Balaban J connectivity index is 1.97. The van der Waals surface area contributed by atoms with E-state index in [0.717, 1.165) is 10.9 Å². The van der Waals surface area contributed by atoms with Crippen molar-refractivity contribution in [1.82, 2.24) is 5.32 Å². The third kappa shape index (κ3) is 3.43. The Morgan fingerprint density at radius 2 is 2.17 bits per heavy atom. The van der Waals surface area contributed by atoms with Gasteiger partial charge in [0.2, 0.25) is 0 Å². The van der Waals surface area contributed by atoms with Gasteiger partial charge in [-0.05, 0) is 63.8 Å². The number of benzene rings is 1. The van der Waals surface area contributed by atoms with E-state index in [-0.39, 0.29) is 11.9 Å². The number of carbonyl (C=O) groups is 1. The van der Waals surface area contributed by atoms with Crippen molar-refractivity contribution in [2.24, 2.45) is 0 Å². The molecule has 2 rings (SSSR count). The summed E-state index contributed by atoms with van der Waals surface area (Å²) in [4.78, 5) is 12.1. The number of nitrogens with one attached hydrogen (secondary N) is 1. The van der Waals surface area contributed by atoms with Gasteiger partial charge in [-0.15, -0.1) is 0 Å². The largest absolute Gasteiger partial charge is 0.349 e. The zero-order chi connectivity index (χ0) is 13.0. The van der Waals surface area contributed by atoms with E-state index in [1.807, 2.05) is 31.2 Å². The van der Waals surface area contributed by atoms with Crippen LogP contribution in [0.3, 0.4) is 0 Å². The van der Waals surface area contributed by atoms with Crippen LogP contribution in [0.25, 0.3) is 0 Å². The van der Waals surface area contributed by atoms with E-state index < -0.39 is 0 Å². The molecule has 1 amide bonds. The highest BCUT2D eigenvalue weighted by atomic mass is 79.9. The Morgan fingerprint density at radius 3 is 2.83 bits per heavy atom. The summed E-state index contributed by atoms with van der Waals surface area (Å²) in [6.07, 6.45) is 0.861. The van der Waals surface area contributed by atoms with E-state index in [1.165, 1.54) is 5.56 Å². The molecule has 1 N–H and O–H groups in total. The molecule has 2 nitrogen and oxygen atoms in total. The van der Waals surface area contributed by atoms with E-state index in [4.69, 9.17) is 0 Å². The SMILES string of the molecule is CC(Cc1ccsc1)NC(=O)c1ccccc1Br. The van der Waals surface area contributed by atoms with Crippen LogP contribution in [-0.4, -0.2) is 11.9 Å². The van der Waals surface area contributed by atoms with Crippen LogP contribution in [-0.2, 0) is 6.42 Å². The summed E-state index contributed by atoms with van der Waals surface area (Å²) in [6, 6.07) is 9.67. The number of halogens is 1. The maximum atomic E-state index is 12.1. The van der Waals surface area contributed by atoms with Crippen LogP contribution >= 0.6 is 27.3 Å². The minimum absolute atomic E-state index is 0.0368. The fourth-order valence-electron chi connectivity index (χ4n) is 1.76. The predicted molar refractivity (Wildman–Crippen MR) is 79.1 cm³/mol. The molecule has 0 radical (unpaired) electrons. The smallest absolute Gasteiger partial charge is 0.252 e. The molecule has 1 heterocycles. The molecule has 1 aromatic carbocycles. The van der Waals surface area contributed by atoms with Gasteiger partial charge in [0.25, 0.3) is 5.91 Å². The van der Waals surface area contributed by atoms with Crippen LogP contribution in [0.5, 0.6) is 0 Å². The monoisotopic (exact) mass is 323 g/mol. The molecule has 0 fully saturated rings. The van der Waals surface area contributed by atoms with Crippen molar-refractivity contribution in [3.05, 3.63) is 56.7 Å².